The third kappa shape index (κ3) is 3.18. The van der Waals surface area contributed by atoms with E-state index in [9.17, 15) is 4.79 Å². The SMILES string of the molecule is CNC1=CC(NC)(NC)N(C(=O)OC(C)(C)C)c2ccccc21. The molecule has 0 aliphatic carbocycles. The fourth-order valence-electron chi connectivity index (χ4n) is 2.69. The fourth-order valence-corrected chi connectivity index (χ4v) is 2.69. The number of carbonyl (C=O) groups is 1. The number of nitrogens with zero attached hydrogens (tertiary/aromatic N) is 1. The van der Waals surface area contributed by atoms with E-state index in [1.54, 1.807) is 19.0 Å². The monoisotopic (exact) mass is 318 g/mol. The van der Waals surface area contributed by atoms with Crippen molar-refractivity contribution in [2.75, 3.05) is 26.0 Å². The molecule has 1 aromatic rings. The van der Waals surface area contributed by atoms with Crippen molar-refractivity contribution in [3.8, 4) is 0 Å². The predicted molar refractivity (Wildman–Crippen MR) is 93.0 cm³/mol. The van der Waals surface area contributed by atoms with Crippen LogP contribution >= 0.6 is 0 Å². The Hall–Kier alpha value is -2.05. The van der Waals surface area contributed by atoms with Crippen LogP contribution in [0.1, 0.15) is 26.3 Å². The summed E-state index contributed by atoms with van der Waals surface area (Å²) in [6.45, 7) is 5.57. The molecule has 0 aromatic heterocycles. The van der Waals surface area contributed by atoms with Gasteiger partial charge in [0.25, 0.3) is 0 Å². The number of amides is 1. The van der Waals surface area contributed by atoms with Crippen LogP contribution < -0.4 is 20.9 Å². The molecule has 0 unspecified atom stereocenters. The summed E-state index contributed by atoms with van der Waals surface area (Å²) in [5.41, 5.74) is 2.08. The van der Waals surface area contributed by atoms with Gasteiger partial charge >= 0.3 is 6.09 Å². The summed E-state index contributed by atoms with van der Waals surface area (Å²) in [6.07, 6.45) is 1.53. The highest BCUT2D eigenvalue weighted by atomic mass is 16.6. The zero-order chi connectivity index (χ0) is 17.3. The van der Waals surface area contributed by atoms with Gasteiger partial charge in [-0.1, -0.05) is 18.2 Å². The van der Waals surface area contributed by atoms with Crippen molar-refractivity contribution in [3.63, 3.8) is 0 Å². The van der Waals surface area contributed by atoms with Crippen molar-refractivity contribution >= 4 is 17.5 Å². The van der Waals surface area contributed by atoms with Crippen molar-refractivity contribution in [3.05, 3.63) is 35.9 Å². The van der Waals surface area contributed by atoms with Crippen LogP contribution in [-0.4, -0.2) is 38.6 Å². The average Bonchev–Trinajstić information content (AvgIpc) is 2.51. The first-order chi connectivity index (χ1) is 10.8. The Kier molecular flexibility index (Phi) is 4.68. The summed E-state index contributed by atoms with van der Waals surface area (Å²) in [4.78, 5) is 14.5. The second-order valence-electron chi connectivity index (χ2n) is 6.41. The van der Waals surface area contributed by atoms with Crippen LogP contribution in [0.2, 0.25) is 0 Å². The molecule has 126 valence electrons. The molecular weight excluding hydrogens is 292 g/mol. The number of rotatable bonds is 3. The van der Waals surface area contributed by atoms with Crippen LogP contribution in [0.4, 0.5) is 10.5 Å². The molecule has 1 aromatic carbocycles. The number of hydrogen-bond acceptors (Lipinski definition) is 5. The van der Waals surface area contributed by atoms with Gasteiger partial charge in [-0.3, -0.25) is 10.6 Å². The van der Waals surface area contributed by atoms with Crippen LogP contribution in [0.25, 0.3) is 5.70 Å². The molecule has 0 bridgehead atoms. The van der Waals surface area contributed by atoms with Crippen molar-refractivity contribution in [2.45, 2.75) is 32.2 Å². The van der Waals surface area contributed by atoms with Gasteiger partial charge in [-0.2, -0.15) is 0 Å². The first-order valence-corrected chi connectivity index (χ1v) is 7.69. The second-order valence-corrected chi connectivity index (χ2v) is 6.41. The third-order valence-corrected chi connectivity index (χ3v) is 3.75. The summed E-state index contributed by atoms with van der Waals surface area (Å²) in [7, 11) is 5.46. The number of anilines is 1. The molecule has 2 rings (SSSR count). The van der Waals surface area contributed by atoms with Crippen LogP contribution in [0.3, 0.4) is 0 Å². The number of benzene rings is 1. The summed E-state index contributed by atoms with van der Waals surface area (Å²) in [5.74, 6) is -0.880. The van der Waals surface area contributed by atoms with Crippen LogP contribution in [0.15, 0.2) is 30.3 Å². The molecule has 0 spiro atoms. The van der Waals surface area contributed by atoms with E-state index in [0.717, 1.165) is 16.9 Å². The smallest absolute Gasteiger partial charge is 0.417 e. The van der Waals surface area contributed by atoms with E-state index in [-0.39, 0.29) is 0 Å². The zero-order valence-electron chi connectivity index (χ0n) is 14.7. The first-order valence-electron chi connectivity index (χ1n) is 7.69. The maximum Gasteiger partial charge on any atom is 0.417 e. The highest BCUT2D eigenvalue weighted by Crippen LogP contribution is 2.36. The van der Waals surface area contributed by atoms with Gasteiger partial charge in [0.2, 0.25) is 0 Å². The Bertz CT molecular complexity index is 615. The lowest BCUT2D eigenvalue weighted by Crippen LogP contribution is -2.68. The number of hydrogen-bond donors (Lipinski definition) is 3. The molecule has 6 heteroatoms. The minimum Gasteiger partial charge on any atom is -0.443 e. The molecule has 0 saturated heterocycles. The van der Waals surface area contributed by atoms with Crippen molar-refractivity contribution in [1.29, 1.82) is 0 Å². The van der Waals surface area contributed by atoms with Crippen molar-refractivity contribution < 1.29 is 9.53 Å². The first kappa shape index (κ1) is 17.3. The number of carbonyl (C=O) groups excluding carboxylic acids is 1. The number of fused-ring (bicyclic) bond motifs is 1. The number of nitrogens with one attached hydrogen (secondary N) is 3. The maximum absolute atomic E-state index is 12.9. The van der Waals surface area contributed by atoms with E-state index >= 15 is 0 Å². The molecule has 1 aliphatic heterocycles. The zero-order valence-corrected chi connectivity index (χ0v) is 14.7. The number of para-hydroxylation sites is 1. The predicted octanol–water partition coefficient (Wildman–Crippen LogP) is 2.09. The number of ether oxygens (including phenoxy) is 1. The van der Waals surface area contributed by atoms with E-state index in [4.69, 9.17) is 4.74 Å². The molecule has 0 radical (unpaired) electrons. The van der Waals surface area contributed by atoms with Gasteiger partial charge in [-0.15, -0.1) is 0 Å². The largest absolute Gasteiger partial charge is 0.443 e. The Morgan fingerprint density at radius 3 is 2.26 bits per heavy atom. The van der Waals surface area contributed by atoms with E-state index < -0.39 is 17.5 Å². The van der Waals surface area contributed by atoms with Gasteiger partial charge in [-0.05, 0) is 47.0 Å². The summed E-state index contributed by atoms with van der Waals surface area (Å²) >= 11 is 0. The standard InChI is InChI=1S/C17H26N4O2/c1-16(2,3)23-15(22)21-14-10-8-7-9-12(14)13(18-4)11-17(21,19-5)20-6/h7-11,18-20H,1-6H3. The van der Waals surface area contributed by atoms with Gasteiger partial charge in [0.05, 0.1) is 5.69 Å². The quantitative estimate of drug-likeness (QED) is 0.745. The molecule has 1 amide bonds. The minimum atomic E-state index is -0.880. The molecule has 1 heterocycles. The van der Waals surface area contributed by atoms with Gasteiger partial charge in [0.15, 0.2) is 5.79 Å². The highest BCUT2D eigenvalue weighted by Gasteiger charge is 2.43. The molecule has 0 atom stereocenters. The lowest BCUT2D eigenvalue weighted by molar-refractivity contribution is 0.0529. The van der Waals surface area contributed by atoms with Crippen LogP contribution in [0.5, 0.6) is 0 Å². The van der Waals surface area contributed by atoms with Crippen molar-refractivity contribution in [2.24, 2.45) is 0 Å². The van der Waals surface area contributed by atoms with Gasteiger partial charge < -0.3 is 10.1 Å². The Balaban J connectivity index is 2.60. The van der Waals surface area contributed by atoms with E-state index in [2.05, 4.69) is 16.0 Å². The third-order valence-electron chi connectivity index (χ3n) is 3.75. The van der Waals surface area contributed by atoms with Crippen molar-refractivity contribution in [1.82, 2.24) is 16.0 Å². The average molecular weight is 318 g/mol. The van der Waals surface area contributed by atoms with E-state index in [1.807, 2.05) is 58.2 Å². The van der Waals surface area contributed by atoms with Gasteiger partial charge in [-0.25, -0.2) is 9.69 Å². The lowest BCUT2D eigenvalue weighted by atomic mass is 10.00. The fraction of sp³-hybridized carbons (Fsp3) is 0.471. The summed E-state index contributed by atoms with van der Waals surface area (Å²) < 4.78 is 5.62. The Morgan fingerprint density at radius 2 is 1.74 bits per heavy atom. The number of likely N-dealkylation sites (N-methyl/N-ethyl adjacent to an activating group) is 2. The lowest BCUT2D eigenvalue weighted by Gasteiger charge is -2.45. The summed E-state index contributed by atoms with van der Waals surface area (Å²) in [6, 6.07) is 7.74. The second kappa shape index (κ2) is 6.22. The van der Waals surface area contributed by atoms with E-state index in [1.165, 1.54) is 0 Å². The summed E-state index contributed by atoms with van der Waals surface area (Å²) in [5, 5.41) is 9.57. The topological polar surface area (TPSA) is 65.6 Å². The normalized spacial score (nSPS) is 16.4. The molecule has 23 heavy (non-hydrogen) atoms. The molecule has 0 fully saturated rings. The molecule has 6 nitrogen and oxygen atoms in total. The molecule has 1 aliphatic rings. The minimum absolute atomic E-state index is 0.417. The Labute approximate surface area is 137 Å². The van der Waals surface area contributed by atoms with E-state index in [0.29, 0.717) is 0 Å². The molecular formula is C17H26N4O2. The highest BCUT2D eigenvalue weighted by molar-refractivity contribution is 5.96. The Morgan fingerprint density at radius 1 is 1.13 bits per heavy atom. The van der Waals surface area contributed by atoms with Gasteiger partial charge in [0.1, 0.15) is 5.60 Å². The molecule has 0 saturated carbocycles. The maximum atomic E-state index is 12.9. The van der Waals surface area contributed by atoms with Crippen LogP contribution in [0, 0.1) is 0 Å². The van der Waals surface area contributed by atoms with Gasteiger partial charge in [0, 0.05) is 18.3 Å². The molecule has 3 N–H and O–H groups in total. The van der Waals surface area contributed by atoms with Crippen LogP contribution in [-0.2, 0) is 4.74 Å².